The van der Waals surface area contributed by atoms with Crippen molar-refractivity contribution in [3.63, 3.8) is 0 Å². The van der Waals surface area contributed by atoms with Gasteiger partial charge in [0.2, 0.25) is 0 Å². The third-order valence-electron chi connectivity index (χ3n) is 3.59. The number of ether oxygens (including phenoxy) is 2. The molecule has 0 aliphatic heterocycles. The van der Waals surface area contributed by atoms with Crippen LogP contribution in [0.1, 0.15) is 26.7 Å². The first kappa shape index (κ1) is 12.5. The lowest BCUT2D eigenvalue weighted by Crippen LogP contribution is -2.56. The minimum Gasteiger partial charge on any atom is -0.468 e. The van der Waals surface area contributed by atoms with Crippen molar-refractivity contribution in [1.29, 1.82) is 0 Å². The van der Waals surface area contributed by atoms with E-state index in [9.17, 15) is 4.79 Å². The van der Waals surface area contributed by atoms with Crippen molar-refractivity contribution in [3.8, 4) is 0 Å². The molecule has 1 saturated carbocycles. The van der Waals surface area contributed by atoms with Crippen molar-refractivity contribution >= 4 is 5.97 Å². The Bertz CT molecular complexity index is 238. The van der Waals surface area contributed by atoms with E-state index in [0.29, 0.717) is 13.2 Å². The summed E-state index contributed by atoms with van der Waals surface area (Å²) in [4.78, 5) is 11.8. The molecule has 88 valence electrons. The zero-order valence-electron chi connectivity index (χ0n) is 10.1. The Kier molecular flexibility index (Phi) is 3.73. The van der Waals surface area contributed by atoms with E-state index in [1.807, 2.05) is 6.92 Å². The van der Waals surface area contributed by atoms with Crippen LogP contribution in [-0.4, -0.2) is 38.9 Å². The second-order valence-electron chi connectivity index (χ2n) is 4.60. The molecule has 1 unspecified atom stereocenters. The van der Waals surface area contributed by atoms with Crippen LogP contribution >= 0.6 is 0 Å². The van der Waals surface area contributed by atoms with Crippen LogP contribution in [0.4, 0.5) is 0 Å². The summed E-state index contributed by atoms with van der Waals surface area (Å²) in [6.07, 6.45) is 2.14. The summed E-state index contributed by atoms with van der Waals surface area (Å²) < 4.78 is 9.84. The van der Waals surface area contributed by atoms with Crippen molar-refractivity contribution in [2.45, 2.75) is 32.2 Å². The first-order valence-electron chi connectivity index (χ1n) is 5.32. The summed E-state index contributed by atoms with van der Waals surface area (Å²) in [6.45, 7) is 5.30. The van der Waals surface area contributed by atoms with Crippen molar-refractivity contribution < 1.29 is 14.3 Å². The van der Waals surface area contributed by atoms with Crippen LogP contribution < -0.4 is 5.32 Å². The van der Waals surface area contributed by atoms with E-state index in [-0.39, 0.29) is 11.4 Å². The number of rotatable bonds is 6. The lowest BCUT2D eigenvalue weighted by Gasteiger charge is -2.34. The molecular weight excluding hydrogens is 194 g/mol. The number of nitrogens with one attached hydrogen (secondary N) is 1. The van der Waals surface area contributed by atoms with E-state index in [1.54, 1.807) is 7.11 Å². The van der Waals surface area contributed by atoms with Crippen LogP contribution in [0.15, 0.2) is 0 Å². The van der Waals surface area contributed by atoms with Crippen molar-refractivity contribution in [2.75, 3.05) is 27.4 Å². The number of hydrogen-bond acceptors (Lipinski definition) is 4. The minimum absolute atomic E-state index is 0.0356. The van der Waals surface area contributed by atoms with Gasteiger partial charge in [-0.05, 0) is 25.2 Å². The van der Waals surface area contributed by atoms with Gasteiger partial charge < -0.3 is 9.47 Å². The molecule has 0 bridgehead atoms. The van der Waals surface area contributed by atoms with Gasteiger partial charge in [-0.15, -0.1) is 0 Å². The molecule has 1 rings (SSSR count). The fourth-order valence-electron chi connectivity index (χ4n) is 1.83. The fourth-order valence-corrected chi connectivity index (χ4v) is 1.83. The molecule has 1 aliphatic rings. The SMILES string of the molecule is COCCNC(C)(C(=O)OC)C1(C)CC1. The Morgan fingerprint density at radius 1 is 1.47 bits per heavy atom. The average molecular weight is 215 g/mol. The van der Waals surface area contributed by atoms with Crippen molar-refractivity contribution in [2.24, 2.45) is 5.41 Å². The molecule has 0 aromatic carbocycles. The highest BCUT2D eigenvalue weighted by molar-refractivity contribution is 5.82. The first-order chi connectivity index (χ1) is 7.00. The maximum atomic E-state index is 11.8. The molecular formula is C11H21NO3. The summed E-state index contributed by atoms with van der Waals surface area (Å²) in [6, 6.07) is 0. The highest BCUT2D eigenvalue weighted by atomic mass is 16.5. The molecule has 0 aromatic heterocycles. The molecule has 0 amide bonds. The Morgan fingerprint density at radius 2 is 2.07 bits per heavy atom. The fraction of sp³-hybridized carbons (Fsp3) is 0.909. The molecule has 1 fully saturated rings. The Hall–Kier alpha value is -0.610. The van der Waals surface area contributed by atoms with Gasteiger partial charge in [-0.3, -0.25) is 10.1 Å². The Balaban J connectivity index is 2.64. The molecule has 1 aliphatic carbocycles. The Morgan fingerprint density at radius 3 is 2.47 bits per heavy atom. The summed E-state index contributed by atoms with van der Waals surface area (Å²) in [5, 5.41) is 3.25. The number of carbonyl (C=O) groups excluding carboxylic acids is 1. The quantitative estimate of drug-likeness (QED) is 0.529. The van der Waals surface area contributed by atoms with E-state index in [1.165, 1.54) is 7.11 Å². The third kappa shape index (κ3) is 2.32. The molecule has 0 saturated heterocycles. The molecule has 0 aromatic rings. The molecule has 4 heteroatoms. The van der Waals surface area contributed by atoms with Gasteiger partial charge in [-0.1, -0.05) is 6.92 Å². The first-order valence-corrected chi connectivity index (χ1v) is 5.32. The van der Waals surface area contributed by atoms with Crippen molar-refractivity contribution in [1.82, 2.24) is 5.32 Å². The smallest absolute Gasteiger partial charge is 0.326 e. The van der Waals surface area contributed by atoms with Crippen LogP contribution in [0.2, 0.25) is 0 Å². The zero-order valence-corrected chi connectivity index (χ0v) is 10.1. The normalized spacial score (nSPS) is 21.9. The van der Waals surface area contributed by atoms with Gasteiger partial charge in [0.15, 0.2) is 0 Å². The van der Waals surface area contributed by atoms with Crippen LogP contribution in [0.25, 0.3) is 0 Å². The summed E-state index contributed by atoms with van der Waals surface area (Å²) in [7, 11) is 3.08. The summed E-state index contributed by atoms with van der Waals surface area (Å²) in [5.41, 5.74) is -0.548. The van der Waals surface area contributed by atoms with Gasteiger partial charge in [0.25, 0.3) is 0 Å². The number of methoxy groups -OCH3 is 2. The number of esters is 1. The van der Waals surface area contributed by atoms with Gasteiger partial charge in [0.05, 0.1) is 13.7 Å². The maximum Gasteiger partial charge on any atom is 0.326 e. The second-order valence-corrected chi connectivity index (χ2v) is 4.60. The van der Waals surface area contributed by atoms with E-state index in [0.717, 1.165) is 12.8 Å². The van der Waals surface area contributed by atoms with E-state index in [4.69, 9.17) is 9.47 Å². The maximum absolute atomic E-state index is 11.8. The minimum atomic E-state index is -0.583. The van der Waals surface area contributed by atoms with E-state index in [2.05, 4.69) is 12.2 Å². The molecule has 1 atom stereocenters. The van der Waals surface area contributed by atoms with Crippen LogP contribution in [-0.2, 0) is 14.3 Å². The van der Waals surface area contributed by atoms with Crippen LogP contribution in [0, 0.1) is 5.41 Å². The standard InChI is InChI=1S/C11H21NO3/c1-10(5-6-10)11(2,9(13)15-4)12-7-8-14-3/h12H,5-8H2,1-4H3. The Labute approximate surface area is 91.3 Å². The van der Waals surface area contributed by atoms with Gasteiger partial charge >= 0.3 is 5.97 Å². The molecule has 1 N–H and O–H groups in total. The lowest BCUT2D eigenvalue weighted by atomic mass is 9.83. The number of carbonyl (C=O) groups is 1. The number of hydrogen-bond donors (Lipinski definition) is 1. The van der Waals surface area contributed by atoms with Gasteiger partial charge in [-0.2, -0.15) is 0 Å². The van der Waals surface area contributed by atoms with E-state index < -0.39 is 5.54 Å². The van der Waals surface area contributed by atoms with Gasteiger partial charge in [0.1, 0.15) is 5.54 Å². The summed E-state index contributed by atoms with van der Waals surface area (Å²) >= 11 is 0. The molecule has 0 radical (unpaired) electrons. The highest BCUT2D eigenvalue weighted by Crippen LogP contribution is 2.53. The zero-order chi connectivity index (χ0) is 11.5. The topological polar surface area (TPSA) is 47.6 Å². The summed E-state index contributed by atoms with van der Waals surface area (Å²) in [5.74, 6) is -0.182. The monoisotopic (exact) mass is 215 g/mol. The van der Waals surface area contributed by atoms with Gasteiger partial charge in [-0.25, -0.2) is 0 Å². The van der Waals surface area contributed by atoms with Crippen LogP contribution in [0.5, 0.6) is 0 Å². The molecule has 4 nitrogen and oxygen atoms in total. The predicted octanol–water partition coefficient (Wildman–Crippen LogP) is 0.954. The second kappa shape index (κ2) is 4.49. The molecule has 0 spiro atoms. The predicted molar refractivity (Wildman–Crippen MR) is 57.6 cm³/mol. The van der Waals surface area contributed by atoms with Crippen molar-refractivity contribution in [3.05, 3.63) is 0 Å². The largest absolute Gasteiger partial charge is 0.468 e. The molecule has 15 heavy (non-hydrogen) atoms. The van der Waals surface area contributed by atoms with E-state index >= 15 is 0 Å². The van der Waals surface area contributed by atoms with Crippen LogP contribution in [0.3, 0.4) is 0 Å². The van der Waals surface area contributed by atoms with Gasteiger partial charge in [0, 0.05) is 13.7 Å². The molecule has 0 heterocycles. The third-order valence-corrected chi connectivity index (χ3v) is 3.59. The average Bonchev–Trinajstić information content (AvgIpc) is 2.97. The lowest BCUT2D eigenvalue weighted by molar-refractivity contribution is -0.151. The highest BCUT2D eigenvalue weighted by Gasteiger charge is 2.57.